The Hall–Kier alpha value is -1.80. The molecule has 2 aromatic rings. The molecule has 1 saturated heterocycles. The van der Waals surface area contributed by atoms with Crippen molar-refractivity contribution in [1.82, 2.24) is 24.4 Å². The summed E-state index contributed by atoms with van der Waals surface area (Å²) in [7, 11) is 0. The number of likely N-dealkylation sites (tertiary alicyclic amines) is 1. The van der Waals surface area contributed by atoms with Crippen LogP contribution in [0.5, 0.6) is 6.01 Å². The van der Waals surface area contributed by atoms with Gasteiger partial charge in [0.05, 0.1) is 6.61 Å². The Morgan fingerprint density at radius 2 is 1.88 bits per heavy atom. The van der Waals surface area contributed by atoms with Gasteiger partial charge in [-0.3, -0.25) is 4.57 Å². The fourth-order valence-corrected chi connectivity index (χ4v) is 5.42. The van der Waals surface area contributed by atoms with Gasteiger partial charge in [0.25, 0.3) is 0 Å². The molecule has 0 amide bonds. The molecule has 2 fully saturated rings. The quantitative estimate of drug-likeness (QED) is 0.463. The van der Waals surface area contributed by atoms with Gasteiger partial charge in [-0.05, 0) is 63.3 Å². The number of piperidine rings is 1. The molecule has 9 heteroatoms. The molecule has 1 aliphatic heterocycles. The third kappa shape index (κ3) is 6.85. The lowest BCUT2D eigenvalue weighted by molar-refractivity contribution is 0.145. The van der Waals surface area contributed by atoms with Crippen molar-refractivity contribution in [2.45, 2.75) is 84.1 Å². The van der Waals surface area contributed by atoms with Crippen LogP contribution in [-0.4, -0.2) is 50.7 Å². The lowest BCUT2D eigenvalue weighted by Crippen LogP contribution is -2.38. The molecule has 186 valence electrons. The van der Waals surface area contributed by atoms with Gasteiger partial charge in [0.15, 0.2) is 11.5 Å². The lowest BCUT2D eigenvalue weighted by atomic mass is 9.92. The molecule has 3 N–H and O–H groups in total. The number of nitrogens with zero attached hydrogens (tertiary/aromatic N) is 4. The SMILES string of the molecule is CCCCOc1nc(N)c2[nH]c(=O)n(CCCCC3CCCN(CC4CCCC4)C3)c2n1.Cl. The second-order valence-corrected chi connectivity index (χ2v) is 9.79. The summed E-state index contributed by atoms with van der Waals surface area (Å²) in [4.78, 5) is 26.7. The molecule has 1 unspecified atom stereocenters. The largest absolute Gasteiger partial charge is 0.463 e. The number of aryl methyl sites for hydroxylation is 1. The van der Waals surface area contributed by atoms with Gasteiger partial charge in [0.2, 0.25) is 0 Å². The summed E-state index contributed by atoms with van der Waals surface area (Å²) in [5.41, 5.74) is 6.93. The normalized spacial score (nSPS) is 19.7. The van der Waals surface area contributed by atoms with E-state index >= 15 is 0 Å². The molecule has 0 spiro atoms. The number of fused-ring (bicyclic) bond motifs is 1. The summed E-state index contributed by atoms with van der Waals surface area (Å²) in [5.74, 6) is 2.00. The summed E-state index contributed by atoms with van der Waals surface area (Å²) < 4.78 is 7.31. The maximum atomic E-state index is 12.5. The molecule has 8 nitrogen and oxygen atoms in total. The van der Waals surface area contributed by atoms with E-state index in [0.717, 1.165) is 37.5 Å². The van der Waals surface area contributed by atoms with Crippen molar-refractivity contribution in [2.24, 2.45) is 11.8 Å². The number of halogens is 1. The van der Waals surface area contributed by atoms with Crippen molar-refractivity contribution in [3.05, 3.63) is 10.5 Å². The number of unbranched alkanes of at least 4 members (excludes halogenated alkanes) is 2. The van der Waals surface area contributed by atoms with Gasteiger partial charge >= 0.3 is 11.7 Å². The number of rotatable bonds is 11. The van der Waals surface area contributed by atoms with Crippen molar-refractivity contribution in [3.8, 4) is 6.01 Å². The number of aromatic nitrogens is 4. The standard InChI is InChI=1S/C24H40N6O2.ClH/c1-2-3-15-32-23-27-21(25)20-22(28-23)30(24(31)26-20)14-7-6-11-19-12-8-13-29(17-19)16-18-9-4-5-10-18;/h18-19H,2-17H2,1H3,(H,26,31)(H2,25,27,28);1H. The van der Waals surface area contributed by atoms with E-state index in [1.54, 1.807) is 4.57 Å². The van der Waals surface area contributed by atoms with Crippen molar-refractivity contribution in [1.29, 1.82) is 0 Å². The number of ether oxygens (including phenoxy) is 1. The summed E-state index contributed by atoms with van der Waals surface area (Å²) in [6, 6.07) is 0.251. The molecule has 4 rings (SSSR count). The minimum atomic E-state index is -0.174. The number of aromatic amines is 1. The van der Waals surface area contributed by atoms with Crippen LogP contribution in [0.2, 0.25) is 0 Å². The molecule has 2 aromatic heterocycles. The average Bonchev–Trinajstić information content (AvgIpc) is 3.40. The number of hydrogen-bond donors (Lipinski definition) is 2. The van der Waals surface area contributed by atoms with Gasteiger partial charge in [-0.2, -0.15) is 9.97 Å². The van der Waals surface area contributed by atoms with Gasteiger partial charge in [0, 0.05) is 19.6 Å². The van der Waals surface area contributed by atoms with Crippen molar-refractivity contribution in [3.63, 3.8) is 0 Å². The zero-order valence-corrected chi connectivity index (χ0v) is 20.9. The summed E-state index contributed by atoms with van der Waals surface area (Å²) in [6.45, 7) is 7.14. The van der Waals surface area contributed by atoms with E-state index in [1.807, 2.05) is 0 Å². The number of nitrogens with two attached hydrogens (primary N) is 1. The zero-order valence-electron chi connectivity index (χ0n) is 20.1. The van der Waals surface area contributed by atoms with E-state index < -0.39 is 0 Å². The van der Waals surface area contributed by atoms with E-state index in [4.69, 9.17) is 10.5 Å². The Kier molecular flexibility index (Phi) is 9.86. The van der Waals surface area contributed by atoms with Gasteiger partial charge in [-0.1, -0.05) is 32.6 Å². The van der Waals surface area contributed by atoms with Gasteiger partial charge in [-0.25, -0.2) is 4.79 Å². The topological polar surface area (TPSA) is 102 Å². The van der Waals surface area contributed by atoms with E-state index in [1.165, 1.54) is 64.6 Å². The molecule has 33 heavy (non-hydrogen) atoms. The fraction of sp³-hybridized carbons (Fsp3) is 0.792. The second kappa shape index (κ2) is 12.6. The molecule has 3 heterocycles. The number of imidazole rings is 1. The van der Waals surface area contributed by atoms with Gasteiger partial charge in [0.1, 0.15) is 5.52 Å². The number of hydrogen-bond acceptors (Lipinski definition) is 6. The molecule has 1 saturated carbocycles. The number of H-pyrrole nitrogens is 1. The van der Waals surface area contributed by atoms with Crippen LogP contribution < -0.4 is 16.2 Å². The molecular weight excluding hydrogens is 440 g/mol. The van der Waals surface area contributed by atoms with Crippen LogP contribution in [0.4, 0.5) is 5.82 Å². The van der Waals surface area contributed by atoms with Crippen molar-refractivity contribution < 1.29 is 4.74 Å². The first kappa shape index (κ1) is 25.8. The Balaban J connectivity index is 0.00000306. The Morgan fingerprint density at radius 1 is 1.09 bits per heavy atom. The van der Waals surface area contributed by atoms with Crippen LogP contribution in [-0.2, 0) is 6.54 Å². The molecular formula is C24H41ClN6O2. The van der Waals surface area contributed by atoms with E-state index in [9.17, 15) is 4.79 Å². The molecule has 0 aromatic carbocycles. The van der Waals surface area contributed by atoms with E-state index in [0.29, 0.717) is 24.3 Å². The summed E-state index contributed by atoms with van der Waals surface area (Å²) in [6.07, 6.45) is 13.7. The smallest absolute Gasteiger partial charge is 0.327 e. The molecule has 2 aliphatic rings. The van der Waals surface area contributed by atoms with Crippen LogP contribution in [0.3, 0.4) is 0 Å². The van der Waals surface area contributed by atoms with Gasteiger partial charge in [-0.15, -0.1) is 12.4 Å². The Morgan fingerprint density at radius 3 is 2.67 bits per heavy atom. The Labute approximate surface area is 203 Å². The summed E-state index contributed by atoms with van der Waals surface area (Å²) >= 11 is 0. The highest BCUT2D eigenvalue weighted by Gasteiger charge is 2.24. The van der Waals surface area contributed by atoms with Crippen LogP contribution in [0, 0.1) is 11.8 Å². The first-order valence-corrected chi connectivity index (χ1v) is 12.7. The highest BCUT2D eigenvalue weighted by molar-refractivity contribution is 5.85. The Bertz CT molecular complexity index is 924. The molecule has 0 bridgehead atoms. The minimum Gasteiger partial charge on any atom is -0.463 e. The third-order valence-corrected chi connectivity index (χ3v) is 7.20. The minimum absolute atomic E-state index is 0. The number of anilines is 1. The first-order chi connectivity index (χ1) is 15.6. The van der Waals surface area contributed by atoms with Crippen molar-refractivity contribution in [2.75, 3.05) is 32.0 Å². The third-order valence-electron chi connectivity index (χ3n) is 7.20. The van der Waals surface area contributed by atoms with E-state index in [-0.39, 0.29) is 29.9 Å². The summed E-state index contributed by atoms with van der Waals surface area (Å²) in [5, 5.41) is 0. The molecule has 1 atom stereocenters. The maximum Gasteiger partial charge on any atom is 0.327 e. The van der Waals surface area contributed by atoms with Crippen molar-refractivity contribution >= 4 is 29.4 Å². The monoisotopic (exact) mass is 480 g/mol. The predicted molar refractivity (Wildman–Crippen MR) is 135 cm³/mol. The lowest BCUT2D eigenvalue weighted by Gasteiger charge is -2.34. The highest BCUT2D eigenvalue weighted by Crippen LogP contribution is 2.28. The first-order valence-electron chi connectivity index (χ1n) is 12.7. The highest BCUT2D eigenvalue weighted by atomic mass is 35.5. The van der Waals surface area contributed by atoms with E-state index in [2.05, 4.69) is 26.8 Å². The fourth-order valence-electron chi connectivity index (χ4n) is 5.42. The van der Waals surface area contributed by atoms with Crippen LogP contribution in [0.1, 0.15) is 77.6 Å². The zero-order chi connectivity index (χ0) is 22.3. The second-order valence-electron chi connectivity index (χ2n) is 9.79. The number of nitrogen functional groups attached to an aromatic ring is 1. The molecule has 1 aliphatic carbocycles. The predicted octanol–water partition coefficient (Wildman–Crippen LogP) is 4.38. The van der Waals surface area contributed by atoms with Crippen LogP contribution in [0.25, 0.3) is 11.2 Å². The van der Waals surface area contributed by atoms with Gasteiger partial charge < -0.3 is 20.4 Å². The maximum absolute atomic E-state index is 12.5. The van der Waals surface area contributed by atoms with Crippen LogP contribution >= 0.6 is 12.4 Å². The van der Waals surface area contributed by atoms with Crippen LogP contribution in [0.15, 0.2) is 4.79 Å². The number of nitrogens with one attached hydrogen (secondary N) is 1. The molecule has 0 radical (unpaired) electrons. The average molecular weight is 481 g/mol.